The molecule has 0 saturated carbocycles. The predicted molar refractivity (Wildman–Crippen MR) is 75.2 cm³/mol. The molecule has 1 N–H and O–H groups in total. The van der Waals surface area contributed by atoms with E-state index in [9.17, 15) is 9.59 Å². The molecule has 1 amide bonds. The second kappa shape index (κ2) is 5.85. The Bertz CT molecular complexity index is 552. The third-order valence-corrected chi connectivity index (χ3v) is 3.55. The Labute approximate surface area is 123 Å². The van der Waals surface area contributed by atoms with Crippen LogP contribution >= 0.6 is 0 Å². The third kappa shape index (κ3) is 3.24. The molecule has 1 fully saturated rings. The fourth-order valence-corrected chi connectivity index (χ4v) is 2.54. The Balaban J connectivity index is 2.19. The minimum atomic E-state index is -1.05. The quantitative estimate of drug-likeness (QED) is 0.894. The van der Waals surface area contributed by atoms with Crippen LogP contribution in [0.2, 0.25) is 0 Å². The zero-order valence-corrected chi connectivity index (χ0v) is 12.7. The number of aromatic nitrogens is 2. The van der Waals surface area contributed by atoms with Crippen LogP contribution in [-0.2, 0) is 16.6 Å². The van der Waals surface area contributed by atoms with Gasteiger partial charge in [-0.3, -0.25) is 9.48 Å². The fraction of sp³-hybridized carbons (Fsp3) is 0.643. The number of aliphatic carboxylic acids is 1. The molecule has 1 aromatic rings. The van der Waals surface area contributed by atoms with E-state index in [1.807, 2.05) is 13.8 Å². The molecule has 0 spiro atoms. The van der Waals surface area contributed by atoms with Crippen molar-refractivity contribution in [3.8, 4) is 0 Å². The molecule has 21 heavy (non-hydrogen) atoms. The van der Waals surface area contributed by atoms with Crippen LogP contribution in [0.5, 0.6) is 0 Å². The number of morpholine rings is 1. The van der Waals surface area contributed by atoms with Gasteiger partial charge in [-0.05, 0) is 18.9 Å². The summed E-state index contributed by atoms with van der Waals surface area (Å²) < 4.78 is 7.00. The SMILES string of the molecule is CC(C)c1cc(C(=O)N2CC(C(=O)O)O[C@H](C)C2)nn1C. The number of nitrogens with zero attached hydrogens (tertiary/aromatic N) is 3. The third-order valence-electron chi connectivity index (χ3n) is 3.55. The van der Waals surface area contributed by atoms with Gasteiger partial charge in [-0.1, -0.05) is 13.8 Å². The lowest BCUT2D eigenvalue weighted by atomic mass is 10.1. The molecule has 1 aliphatic rings. The Morgan fingerprint density at radius 2 is 2.10 bits per heavy atom. The Hall–Kier alpha value is -1.89. The lowest BCUT2D eigenvalue weighted by molar-refractivity contribution is -0.160. The molecular weight excluding hydrogens is 274 g/mol. The van der Waals surface area contributed by atoms with Gasteiger partial charge in [-0.25, -0.2) is 4.79 Å². The van der Waals surface area contributed by atoms with E-state index in [2.05, 4.69) is 5.10 Å². The van der Waals surface area contributed by atoms with Gasteiger partial charge in [0.05, 0.1) is 12.6 Å². The smallest absolute Gasteiger partial charge is 0.334 e. The largest absolute Gasteiger partial charge is 0.479 e. The highest BCUT2D eigenvalue weighted by atomic mass is 16.5. The molecule has 2 heterocycles. The number of aryl methyl sites for hydroxylation is 1. The number of hydrogen-bond acceptors (Lipinski definition) is 4. The van der Waals surface area contributed by atoms with Crippen LogP contribution in [0.1, 0.15) is 42.9 Å². The summed E-state index contributed by atoms with van der Waals surface area (Å²) >= 11 is 0. The van der Waals surface area contributed by atoms with Crippen LogP contribution in [-0.4, -0.2) is 57.0 Å². The Kier molecular flexibility index (Phi) is 4.32. The first kappa shape index (κ1) is 15.5. The summed E-state index contributed by atoms with van der Waals surface area (Å²) in [6, 6.07) is 1.77. The first-order chi connectivity index (χ1) is 9.79. The van der Waals surface area contributed by atoms with Gasteiger partial charge >= 0.3 is 5.97 Å². The van der Waals surface area contributed by atoms with Crippen molar-refractivity contribution in [2.75, 3.05) is 13.1 Å². The second-order valence-electron chi connectivity index (χ2n) is 5.72. The summed E-state index contributed by atoms with van der Waals surface area (Å²) in [4.78, 5) is 25.1. The number of carboxylic acids is 1. The van der Waals surface area contributed by atoms with Crippen molar-refractivity contribution in [2.24, 2.45) is 7.05 Å². The molecule has 7 nitrogen and oxygen atoms in total. The Morgan fingerprint density at radius 1 is 1.43 bits per heavy atom. The summed E-state index contributed by atoms with van der Waals surface area (Å²) in [5, 5.41) is 13.3. The van der Waals surface area contributed by atoms with Crippen LogP contribution in [0, 0.1) is 0 Å². The van der Waals surface area contributed by atoms with E-state index in [4.69, 9.17) is 9.84 Å². The summed E-state index contributed by atoms with van der Waals surface area (Å²) in [5.41, 5.74) is 1.31. The number of hydrogen-bond donors (Lipinski definition) is 1. The molecule has 0 radical (unpaired) electrons. The van der Waals surface area contributed by atoms with Crippen LogP contribution < -0.4 is 0 Å². The van der Waals surface area contributed by atoms with E-state index in [1.165, 1.54) is 4.90 Å². The van der Waals surface area contributed by atoms with Crippen molar-refractivity contribution < 1.29 is 19.4 Å². The molecule has 7 heteroatoms. The van der Waals surface area contributed by atoms with E-state index in [-0.39, 0.29) is 24.5 Å². The number of amides is 1. The van der Waals surface area contributed by atoms with Gasteiger partial charge in [0, 0.05) is 19.3 Å². The van der Waals surface area contributed by atoms with E-state index in [1.54, 1.807) is 24.7 Å². The van der Waals surface area contributed by atoms with E-state index in [0.29, 0.717) is 12.2 Å². The van der Waals surface area contributed by atoms with Crippen LogP contribution in [0.15, 0.2) is 6.07 Å². The highest BCUT2D eigenvalue weighted by molar-refractivity contribution is 5.93. The molecule has 1 saturated heterocycles. The average molecular weight is 295 g/mol. The molecule has 2 rings (SSSR count). The molecule has 116 valence electrons. The van der Waals surface area contributed by atoms with Crippen molar-refractivity contribution in [1.82, 2.24) is 14.7 Å². The maximum Gasteiger partial charge on any atom is 0.334 e. The van der Waals surface area contributed by atoms with Gasteiger partial charge in [0.1, 0.15) is 0 Å². The van der Waals surface area contributed by atoms with Gasteiger partial charge in [-0.2, -0.15) is 5.10 Å². The van der Waals surface area contributed by atoms with E-state index in [0.717, 1.165) is 5.69 Å². The first-order valence-electron chi connectivity index (χ1n) is 7.01. The maximum absolute atomic E-state index is 12.5. The first-order valence-corrected chi connectivity index (χ1v) is 7.01. The summed E-state index contributed by atoms with van der Waals surface area (Å²) in [6.07, 6.45) is -1.29. The van der Waals surface area contributed by atoms with Crippen molar-refractivity contribution in [3.63, 3.8) is 0 Å². The number of carbonyl (C=O) groups excluding carboxylic acids is 1. The molecule has 0 aromatic carbocycles. The highest BCUT2D eigenvalue weighted by Crippen LogP contribution is 2.18. The molecule has 1 aromatic heterocycles. The zero-order chi connectivity index (χ0) is 15.7. The minimum absolute atomic E-state index is 0.0477. The summed E-state index contributed by atoms with van der Waals surface area (Å²) in [5.74, 6) is -1.04. The predicted octanol–water partition coefficient (Wildman–Crippen LogP) is 0.858. The van der Waals surface area contributed by atoms with Crippen molar-refractivity contribution in [1.29, 1.82) is 0 Å². The van der Waals surface area contributed by atoms with Gasteiger partial charge < -0.3 is 14.7 Å². The molecule has 2 atom stereocenters. The van der Waals surface area contributed by atoms with Crippen molar-refractivity contribution >= 4 is 11.9 Å². The monoisotopic (exact) mass is 295 g/mol. The van der Waals surface area contributed by atoms with Gasteiger partial charge in [0.2, 0.25) is 0 Å². The lowest BCUT2D eigenvalue weighted by Crippen LogP contribution is -2.51. The van der Waals surface area contributed by atoms with Crippen LogP contribution in [0.4, 0.5) is 0 Å². The highest BCUT2D eigenvalue weighted by Gasteiger charge is 2.34. The average Bonchev–Trinajstić information content (AvgIpc) is 2.79. The number of carboxylic acid groups (broad SMARTS) is 1. The van der Waals surface area contributed by atoms with Gasteiger partial charge in [0.15, 0.2) is 11.8 Å². The minimum Gasteiger partial charge on any atom is -0.479 e. The molecular formula is C14H21N3O4. The van der Waals surface area contributed by atoms with Crippen molar-refractivity contribution in [3.05, 3.63) is 17.5 Å². The van der Waals surface area contributed by atoms with E-state index < -0.39 is 12.1 Å². The molecule has 1 aliphatic heterocycles. The molecule has 0 aliphatic carbocycles. The number of rotatable bonds is 3. The van der Waals surface area contributed by atoms with Gasteiger partial charge in [-0.15, -0.1) is 0 Å². The number of ether oxygens (including phenoxy) is 1. The molecule has 0 bridgehead atoms. The zero-order valence-electron chi connectivity index (χ0n) is 12.7. The van der Waals surface area contributed by atoms with Gasteiger partial charge in [0.25, 0.3) is 5.91 Å². The van der Waals surface area contributed by atoms with Crippen molar-refractivity contribution in [2.45, 2.75) is 38.9 Å². The molecule has 1 unspecified atom stereocenters. The standard InChI is InChI=1S/C14H21N3O4/c1-8(2)11-5-10(15-16(11)4)13(18)17-6-9(3)21-12(7-17)14(19)20/h5,8-9,12H,6-7H2,1-4H3,(H,19,20)/t9-,12?/m1/s1. The second-order valence-corrected chi connectivity index (χ2v) is 5.72. The fourth-order valence-electron chi connectivity index (χ4n) is 2.54. The topological polar surface area (TPSA) is 84.7 Å². The van der Waals surface area contributed by atoms with Crippen LogP contribution in [0.25, 0.3) is 0 Å². The van der Waals surface area contributed by atoms with E-state index >= 15 is 0 Å². The number of carbonyl (C=O) groups is 2. The lowest BCUT2D eigenvalue weighted by Gasteiger charge is -2.34. The van der Waals surface area contributed by atoms with Crippen LogP contribution in [0.3, 0.4) is 0 Å². The summed E-state index contributed by atoms with van der Waals surface area (Å²) in [6.45, 7) is 6.24. The Morgan fingerprint density at radius 3 is 2.62 bits per heavy atom. The normalized spacial score (nSPS) is 22.6. The summed E-state index contributed by atoms with van der Waals surface area (Å²) in [7, 11) is 1.80. The maximum atomic E-state index is 12.5.